The van der Waals surface area contributed by atoms with Crippen LogP contribution in [0.3, 0.4) is 0 Å². The molecule has 1 aliphatic carbocycles. The lowest BCUT2D eigenvalue weighted by Crippen LogP contribution is -2.23. The van der Waals surface area contributed by atoms with Crippen LogP contribution in [0.15, 0.2) is 48.0 Å². The van der Waals surface area contributed by atoms with Gasteiger partial charge in [-0.3, -0.25) is 9.36 Å². The highest BCUT2D eigenvalue weighted by Crippen LogP contribution is 2.38. The minimum absolute atomic E-state index is 0.263. The van der Waals surface area contributed by atoms with Crippen molar-refractivity contribution in [1.82, 2.24) is 30.0 Å². The largest absolute Gasteiger partial charge is 0.347 e. The van der Waals surface area contributed by atoms with E-state index in [2.05, 4.69) is 32.0 Å². The number of hydrogen-bond acceptors (Lipinski definition) is 6. The van der Waals surface area contributed by atoms with Gasteiger partial charge in [-0.05, 0) is 25.0 Å². The zero-order valence-electron chi connectivity index (χ0n) is 13.4. The molecule has 126 valence electrons. The molecule has 1 saturated carbocycles. The maximum absolute atomic E-state index is 11.9. The first-order chi connectivity index (χ1) is 12.2. The summed E-state index contributed by atoms with van der Waals surface area (Å²) >= 11 is 0. The molecular weight excluding hydrogens is 320 g/mol. The van der Waals surface area contributed by atoms with Crippen LogP contribution in [0, 0.1) is 0 Å². The van der Waals surface area contributed by atoms with Crippen LogP contribution < -0.4 is 5.32 Å². The lowest BCUT2D eigenvalue weighted by atomic mass is 10.2. The maximum atomic E-state index is 11.9. The van der Waals surface area contributed by atoms with Crippen molar-refractivity contribution in [2.75, 3.05) is 6.54 Å². The first-order valence-corrected chi connectivity index (χ1v) is 7.98. The molecule has 0 atom stereocenters. The number of aromatic nitrogens is 5. The highest BCUT2D eigenvalue weighted by atomic mass is 16.5. The first kappa shape index (κ1) is 15.3. The van der Waals surface area contributed by atoms with Gasteiger partial charge < -0.3 is 9.84 Å². The van der Waals surface area contributed by atoms with Gasteiger partial charge in [0.1, 0.15) is 17.8 Å². The van der Waals surface area contributed by atoms with Crippen LogP contribution >= 0.6 is 0 Å². The van der Waals surface area contributed by atoms with Crippen molar-refractivity contribution >= 4 is 5.91 Å². The molecule has 1 amide bonds. The summed E-state index contributed by atoms with van der Waals surface area (Å²) in [4.78, 5) is 24.8. The van der Waals surface area contributed by atoms with Crippen molar-refractivity contribution in [2.24, 2.45) is 0 Å². The Hall–Kier alpha value is -3.29. The molecular formula is C17H16N6O2. The van der Waals surface area contributed by atoms with Crippen LogP contribution in [0.4, 0.5) is 0 Å². The number of amides is 1. The van der Waals surface area contributed by atoms with Crippen molar-refractivity contribution in [3.8, 4) is 17.3 Å². The Labute approximate surface area is 143 Å². The molecule has 0 aliphatic heterocycles. The zero-order chi connectivity index (χ0) is 17.2. The van der Waals surface area contributed by atoms with Gasteiger partial charge in [-0.1, -0.05) is 11.2 Å². The molecule has 0 aromatic carbocycles. The fourth-order valence-electron chi connectivity index (χ4n) is 2.37. The third-order valence-corrected chi connectivity index (χ3v) is 3.86. The van der Waals surface area contributed by atoms with Crippen LogP contribution in [0.25, 0.3) is 17.3 Å². The molecule has 25 heavy (non-hydrogen) atoms. The quantitative estimate of drug-likeness (QED) is 0.692. The first-order valence-electron chi connectivity index (χ1n) is 7.98. The average Bonchev–Trinajstić information content (AvgIpc) is 3.18. The van der Waals surface area contributed by atoms with Crippen LogP contribution in [-0.4, -0.2) is 37.1 Å². The Morgan fingerprint density at radius 3 is 3.12 bits per heavy atom. The number of imidazole rings is 1. The van der Waals surface area contributed by atoms with E-state index in [4.69, 9.17) is 4.52 Å². The lowest BCUT2D eigenvalue weighted by Gasteiger charge is -2.02. The fraction of sp³-hybridized carbons (Fsp3) is 0.235. The van der Waals surface area contributed by atoms with Crippen LogP contribution in [0.2, 0.25) is 0 Å². The molecule has 0 unspecified atom stereocenters. The monoisotopic (exact) mass is 336 g/mol. The third-order valence-electron chi connectivity index (χ3n) is 3.86. The second-order valence-electron chi connectivity index (χ2n) is 5.80. The second-order valence-corrected chi connectivity index (χ2v) is 5.80. The van der Waals surface area contributed by atoms with Crippen molar-refractivity contribution in [1.29, 1.82) is 0 Å². The Bertz CT molecular complexity index is 925. The molecule has 8 nitrogen and oxygen atoms in total. The molecule has 3 aromatic heterocycles. The minimum Gasteiger partial charge on any atom is -0.347 e. The fourth-order valence-corrected chi connectivity index (χ4v) is 2.37. The SMILES string of the molecule is C=CCNC(=O)c1cn(-c2cc(-c3nc(C4CC4)no3)ccn2)cn1. The smallest absolute Gasteiger partial charge is 0.271 e. The third kappa shape index (κ3) is 3.18. The van der Waals surface area contributed by atoms with E-state index in [1.165, 1.54) is 0 Å². The van der Waals surface area contributed by atoms with E-state index in [-0.39, 0.29) is 5.91 Å². The van der Waals surface area contributed by atoms with E-state index in [9.17, 15) is 4.79 Å². The molecule has 0 bridgehead atoms. The van der Waals surface area contributed by atoms with Crippen LogP contribution in [-0.2, 0) is 0 Å². The van der Waals surface area contributed by atoms with Gasteiger partial charge in [-0.25, -0.2) is 9.97 Å². The molecule has 1 N–H and O–H groups in total. The normalized spacial score (nSPS) is 13.6. The Morgan fingerprint density at radius 1 is 1.44 bits per heavy atom. The standard InChI is InChI=1S/C17H16N6O2/c1-2-6-19-16(24)13-9-23(10-20-13)14-8-12(5-7-18-14)17-21-15(22-25-17)11-3-4-11/h2,5,7-11H,1,3-4,6H2,(H,19,24). The van der Waals surface area contributed by atoms with E-state index < -0.39 is 0 Å². The van der Waals surface area contributed by atoms with Crippen molar-refractivity contribution in [3.63, 3.8) is 0 Å². The molecule has 1 fully saturated rings. The maximum Gasteiger partial charge on any atom is 0.271 e. The molecule has 0 saturated heterocycles. The summed E-state index contributed by atoms with van der Waals surface area (Å²) in [6, 6.07) is 3.62. The van der Waals surface area contributed by atoms with Gasteiger partial charge >= 0.3 is 0 Å². The van der Waals surface area contributed by atoms with Crippen molar-refractivity contribution in [2.45, 2.75) is 18.8 Å². The van der Waals surface area contributed by atoms with Gasteiger partial charge in [-0.15, -0.1) is 6.58 Å². The Morgan fingerprint density at radius 2 is 2.32 bits per heavy atom. The highest BCUT2D eigenvalue weighted by molar-refractivity contribution is 5.92. The number of hydrogen-bond donors (Lipinski definition) is 1. The molecule has 0 radical (unpaired) electrons. The number of nitrogens with zero attached hydrogens (tertiary/aromatic N) is 5. The van der Waals surface area contributed by atoms with Crippen LogP contribution in [0.5, 0.6) is 0 Å². The number of nitrogens with one attached hydrogen (secondary N) is 1. The van der Waals surface area contributed by atoms with Crippen molar-refractivity contribution < 1.29 is 9.32 Å². The van der Waals surface area contributed by atoms with E-state index in [1.807, 2.05) is 12.1 Å². The molecule has 3 aromatic rings. The summed E-state index contributed by atoms with van der Waals surface area (Å²) in [5, 5.41) is 6.71. The molecule has 0 spiro atoms. The summed E-state index contributed by atoms with van der Waals surface area (Å²) in [6.45, 7) is 3.95. The van der Waals surface area contributed by atoms with E-state index in [0.717, 1.165) is 24.2 Å². The number of carbonyl (C=O) groups is 1. The number of rotatable bonds is 6. The Kier molecular flexibility index (Phi) is 3.85. The van der Waals surface area contributed by atoms with E-state index >= 15 is 0 Å². The topological polar surface area (TPSA) is 98.7 Å². The van der Waals surface area contributed by atoms with Crippen molar-refractivity contribution in [3.05, 3.63) is 55.0 Å². The van der Waals surface area contributed by atoms with Gasteiger partial charge in [0.05, 0.1) is 0 Å². The van der Waals surface area contributed by atoms with Gasteiger partial charge in [0, 0.05) is 30.4 Å². The van der Waals surface area contributed by atoms with Crippen LogP contribution in [0.1, 0.15) is 35.1 Å². The summed E-state index contributed by atoms with van der Waals surface area (Å²) in [7, 11) is 0. The summed E-state index contributed by atoms with van der Waals surface area (Å²) < 4.78 is 7.01. The van der Waals surface area contributed by atoms with Gasteiger partial charge in [0.2, 0.25) is 0 Å². The number of carbonyl (C=O) groups excluding carboxylic acids is 1. The lowest BCUT2D eigenvalue weighted by molar-refractivity contribution is 0.0953. The predicted octanol–water partition coefficient (Wildman–Crippen LogP) is 2.11. The predicted molar refractivity (Wildman–Crippen MR) is 89.2 cm³/mol. The summed E-state index contributed by atoms with van der Waals surface area (Å²) in [5.74, 6) is 2.01. The summed E-state index contributed by atoms with van der Waals surface area (Å²) in [5.41, 5.74) is 1.08. The average molecular weight is 336 g/mol. The van der Waals surface area contributed by atoms with E-state index in [0.29, 0.717) is 29.9 Å². The second kappa shape index (κ2) is 6.31. The molecule has 4 rings (SSSR count). The van der Waals surface area contributed by atoms with E-state index in [1.54, 1.807) is 29.4 Å². The van der Waals surface area contributed by atoms with Gasteiger partial charge in [0.15, 0.2) is 5.82 Å². The molecule has 3 heterocycles. The Balaban J connectivity index is 1.57. The molecule has 8 heteroatoms. The van der Waals surface area contributed by atoms with Gasteiger partial charge in [0.25, 0.3) is 11.8 Å². The highest BCUT2D eigenvalue weighted by Gasteiger charge is 2.29. The molecule has 1 aliphatic rings. The number of pyridine rings is 1. The zero-order valence-corrected chi connectivity index (χ0v) is 13.4. The van der Waals surface area contributed by atoms with Gasteiger partial charge in [-0.2, -0.15) is 4.98 Å². The summed E-state index contributed by atoms with van der Waals surface area (Å²) in [6.07, 6.45) is 8.66. The minimum atomic E-state index is -0.263.